The maximum Gasteiger partial charge on any atom is 0.127 e. The third-order valence-corrected chi connectivity index (χ3v) is 2.71. The van der Waals surface area contributed by atoms with Gasteiger partial charge in [-0.15, -0.1) is 0 Å². The van der Waals surface area contributed by atoms with Crippen molar-refractivity contribution in [3.05, 3.63) is 29.6 Å². The van der Waals surface area contributed by atoms with Crippen molar-refractivity contribution in [1.82, 2.24) is 0 Å². The molecule has 3 nitrogen and oxygen atoms in total. The number of aliphatic hydroxyl groups is 1. The average molecular weight is 251 g/mol. The van der Waals surface area contributed by atoms with Gasteiger partial charge in [-0.25, -0.2) is 4.39 Å². The number of hydrogen-bond acceptors (Lipinski definition) is 3. The number of benzene rings is 1. The number of ether oxygens (including phenoxy) is 1. The molecule has 0 amide bonds. The summed E-state index contributed by atoms with van der Waals surface area (Å²) in [6.07, 6.45) is -0.177. The van der Waals surface area contributed by atoms with E-state index in [0.29, 0.717) is 24.3 Å². The molecule has 4 heteroatoms. The molecule has 1 rings (SSSR count). The molecule has 0 saturated heterocycles. The van der Waals surface area contributed by atoms with Gasteiger partial charge in [0.15, 0.2) is 0 Å². The Hall–Kier alpha value is -1.60. The van der Waals surface area contributed by atoms with Crippen molar-refractivity contribution in [2.75, 3.05) is 6.61 Å². The number of nitrogens with zero attached hydrogens (tertiary/aromatic N) is 1. The quantitative estimate of drug-likeness (QED) is 0.874. The molecule has 18 heavy (non-hydrogen) atoms. The Balaban J connectivity index is 2.73. The number of rotatable bonds is 5. The lowest BCUT2D eigenvalue weighted by Gasteiger charge is -2.17. The van der Waals surface area contributed by atoms with Gasteiger partial charge < -0.3 is 9.84 Å². The van der Waals surface area contributed by atoms with Gasteiger partial charge in [0.1, 0.15) is 11.6 Å². The van der Waals surface area contributed by atoms with E-state index < -0.39 is 17.3 Å². The minimum absolute atomic E-state index is 0.309. The lowest BCUT2D eigenvalue weighted by atomic mass is 9.92. The average Bonchev–Trinajstić information content (AvgIpc) is 2.28. The monoisotopic (exact) mass is 251 g/mol. The van der Waals surface area contributed by atoms with Gasteiger partial charge >= 0.3 is 0 Å². The van der Waals surface area contributed by atoms with Gasteiger partial charge in [-0.3, -0.25) is 0 Å². The van der Waals surface area contributed by atoms with E-state index >= 15 is 0 Å². The van der Waals surface area contributed by atoms with E-state index in [-0.39, 0.29) is 0 Å². The van der Waals surface area contributed by atoms with Crippen molar-refractivity contribution >= 4 is 0 Å². The number of nitriles is 1. The van der Waals surface area contributed by atoms with Crippen LogP contribution >= 0.6 is 0 Å². The fourth-order valence-electron chi connectivity index (χ4n) is 1.45. The Morgan fingerprint density at radius 1 is 1.50 bits per heavy atom. The van der Waals surface area contributed by atoms with Gasteiger partial charge in [-0.1, -0.05) is 0 Å². The van der Waals surface area contributed by atoms with Crippen LogP contribution in [-0.4, -0.2) is 11.7 Å². The summed E-state index contributed by atoms with van der Waals surface area (Å²) in [5, 5.41) is 18.4. The van der Waals surface area contributed by atoms with Crippen LogP contribution in [-0.2, 0) is 0 Å². The van der Waals surface area contributed by atoms with Crippen LogP contribution in [0.25, 0.3) is 0 Å². The SMILES string of the molecule is C[C@H](O)c1ccc(F)cc1OCCC(C)(C)C#N. The molecule has 1 atom stereocenters. The second kappa shape index (κ2) is 5.83. The summed E-state index contributed by atoms with van der Waals surface area (Å²) in [5.74, 6) is -0.0762. The molecule has 0 aromatic heterocycles. The van der Waals surface area contributed by atoms with Gasteiger partial charge in [-0.2, -0.15) is 5.26 Å². The molecule has 0 heterocycles. The molecule has 1 aromatic carbocycles. The van der Waals surface area contributed by atoms with Crippen molar-refractivity contribution in [2.24, 2.45) is 5.41 Å². The summed E-state index contributed by atoms with van der Waals surface area (Å²) < 4.78 is 18.6. The first-order chi connectivity index (χ1) is 8.35. The van der Waals surface area contributed by atoms with Crippen LogP contribution in [0.1, 0.15) is 38.9 Å². The van der Waals surface area contributed by atoms with Crippen LogP contribution in [0.5, 0.6) is 5.75 Å². The van der Waals surface area contributed by atoms with Gasteiger partial charge in [0.2, 0.25) is 0 Å². The fourth-order valence-corrected chi connectivity index (χ4v) is 1.45. The lowest BCUT2D eigenvalue weighted by molar-refractivity contribution is 0.188. The molecule has 0 unspecified atom stereocenters. The highest BCUT2D eigenvalue weighted by Gasteiger charge is 2.17. The highest BCUT2D eigenvalue weighted by atomic mass is 19.1. The summed E-state index contributed by atoms with van der Waals surface area (Å²) in [6, 6.07) is 6.21. The Bertz CT molecular complexity index is 450. The smallest absolute Gasteiger partial charge is 0.127 e. The molecule has 0 aliphatic heterocycles. The number of halogens is 1. The minimum Gasteiger partial charge on any atom is -0.493 e. The maximum atomic E-state index is 13.1. The molecular weight excluding hydrogens is 233 g/mol. The minimum atomic E-state index is -0.718. The molecular formula is C14H18FNO2. The van der Waals surface area contributed by atoms with Crippen molar-refractivity contribution in [2.45, 2.75) is 33.3 Å². The lowest BCUT2D eigenvalue weighted by Crippen LogP contribution is -2.14. The topological polar surface area (TPSA) is 53.2 Å². The van der Waals surface area contributed by atoms with E-state index in [1.807, 2.05) is 13.8 Å². The van der Waals surface area contributed by atoms with Crippen molar-refractivity contribution < 1.29 is 14.2 Å². The first-order valence-corrected chi connectivity index (χ1v) is 5.87. The standard InChI is InChI=1S/C14H18FNO2/c1-10(17)12-5-4-11(15)8-13(12)18-7-6-14(2,3)9-16/h4-5,8,10,17H,6-7H2,1-3H3/t10-/m0/s1. The zero-order chi connectivity index (χ0) is 13.8. The molecule has 1 aromatic rings. The second-order valence-corrected chi connectivity index (χ2v) is 4.95. The summed E-state index contributed by atoms with van der Waals surface area (Å²) in [7, 11) is 0. The van der Waals surface area contributed by atoms with Gasteiger partial charge in [0.05, 0.1) is 24.2 Å². The zero-order valence-electron chi connectivity index (χ0n) is 10.9. The fraction of sp³-hybridized carbons (Fsp3) is 0.500. The third kappa shape index (κ3) is 4.01. The van der Waals surface area contributed by atoms with Gasteiger partial charge in [0.25, 0.3) is 0 Å². The van der Waals surface area contributed by atoms with E-state index in [1.165, 1.54) is 18.2 Å². The first kappa shape index (κ1) is 14.5. The zero-order valence-corrected chi connectivity index (χ0v) is 10.9. The molecule has 98 valence electrons. The van der Waals surface area contributed by atoms with E-state index in [2.05, 4.69) is 6.07 Å². The summed E-state index contributed by atoms with van der Waals surface area (Å²) in [6.45, 7) is 5.54. The summed E-state index contributed by atoms with van der Waals surface area (Å²) >= 11 is 0. The first-order valence-electron chi connectivity index (χ1n) is 5.87. The molecule has 0 saturated carbocycles. The van der Waals surface area contributed by atoms with E-state index in [4.69, 9.17) is 10.00 Å². The van der Waals surface area contributed by atoms with E-state index in [0.717, 1.165) is 0 Å². The van der Waals surface area contributed by atoms with Crippen LogP contribution in [0.4, 0.5) is 4.39 Å². The highest BCUT2D eigenvalue weighted by molar-refractivity contribution is 5.35. The van der Waals surface area contributed by atoms with Gasteiger partial charge in [-0.05, 0) is 39.3 Å². The molecule has 0 radical (unpaired) electrons. The van der Waals surface area contributed by atoms with Crippen LogP contribution in [0.2, 0.25) is 0 Å². The second-order valence-electron chi connectivity index (χ2n) is 4.95. The predicted octanol–water partition coefficient (Wildman–Crippen LogP) is 3.20. The maximum absolute atomic E-state index is 13.1. The van der Waals surface area contributed by atoms with E-state index in [1.54, 1.807) is 6.92 Å². The Kier molecular flexibility index (Phi) is 4.69. The molecule has 0 aliphatic rings. The Morgan fingerprint density at radius 3 is 2.72 bits per heavy atom. The van der Waals surface area contributed by atoms with Gasteiger partial charge in [0, 0.05) is 11.6 Å². The molecule has 0 spiro atoms. The normalized spacial score (nSPS) is 12.9. The predicted molar refractivity (Wildman–Crippen MR) is 66.5 cm³/mol. The Labute approximate surface area is 107 Å². The number of hydrogen-bond donors (Lipinski definition) is 1. The number of aliphatic hydroxyl groups excluding tert-OH is 1. The highest BCUT2D eigenvalue weighted by Crippen LogP contribution is 2.27. The molecule has 1 N–H and O–H groups in total. The van der Waals surface area contributed by atoms with Crippen molar-refractivity contribution in [1.29, 1.82) is 5.26 Å². The molecule has 0 aliphatic carbocycles. The van der Waals surface area contributed by atoms with E-state index in [9.17, 15) is 9.50 Å². The summed E-state index contributed by atoms with van der Waals surface area (Å²) in [5.41, 5.74) is 0.0735. The molecule has 0 fully saturated rings. The third-order valence-electron chi connectivity index (χ3n) is 2.71. The largest absolute Gasteiger partial charge is 0.493 e. The van der Waals surface area contributed by atoms with Crippen LogP contribution < -0.4 is 4.74 Å². The molecule has 0 bridgehead atoms. The van der Waals surface area contributed by atoms with Crippen LogP contribution in [0.3, 0.4) is 0 Å². The van der Waals surface area contributed by atoms with Crippen molar-refractivity contribution in [3.8, 4) is 11.8 Å². The van der Waals surface area contributed by atoms with Crippen molar-refractivity contribution in [3.63, 3.8) is 0 Å². The van der Waals surface area contributed by atoms with Crippen LogP contribution in [0.15, 0.2) is 18.2 Å². The summed E-state index contributed by atoms with van der Waals surface area (Å²) in [4.78, 5) is 0. The van der Waals surface area contributed by atoms with Crippen LogP contribution in [0, 0.1) is 22.6 Å². The Morgan fingerprint density at radius 2 is 2.17 bits per heavy atom.